The number of nitrogens with one attached hydrogen (secondary N) is 1. The van der Waals surface area contributed by atoms with Crippen LogP contribution in [0.2, 0.25) is 0 Å². The van der Waals surface area contributed by atoms with Crippen molar-refractivity contribution >= 4 is 11.7 Å². The maximum Gasteiger partial charge on any atom is 0.407 e. The molecule has 2 aromatic rings. The van der Waals surface area contributed by atoms with Crippen LogP contribution in [0.25, 0.3) is 11.1 Å². The van der Waals surface area contributed by atoms with Gasteiger partial charge >= 0.3 is 12.1 Å². The van der Waals surface area contributed by atoms with Gasteiger partial charge < -0.3 is 23.8 Å². The van der Waals surface area contributed by atoms with Gasteiger partial charge in [0.15, 0.2) is 6.79 Å². The summed E-state index contributed by atoms with van der Waals surface area (Å²) in [5.41, 5.74) is -1.35. The van der Waals surface area contributed by atoms with Crippen LogP contribution in [0.1, 0.15) is 38.8 Å². The number of hydrogen-bond acceptors (Lipinski definition) is 7. The van der Waals surface area contributed by atoms with Gasteiger partial charge in [0, 0.05) is 43.4 Å². The first-order valence-electron chi connectivity index (χ1n) is 12.9. The molecule has 0 aliphatic carbocycles. The predicted octanol–water partition coefficient (Wildman–Crippen LogP) is 5.57. The van der Waals surface area contributed by atoms with Crippen LogP contribution in [0.15, 0.2) is 36.4 Å². The number of alkyl halides is 4. The van der Waals surface area contributed by atoms with Gasteiger partial charge in [0.1, 0.15) is 29.3 Å². The predicted molar refractivity (Wildman–Crippen MR) is 140 cm³/mol. The van der Waals surface area contributed by atoms with E-state index in [1.807, 2.05) is 4.90 Å². The van der Waals surface area contributed by atoms with E-state index in [4.69, 9.17) is 18.9 Å². The molecular weight excluding hydrogens is 539 g/mol. The molecule has 3 rings (SSSR count). The van der Waals surface area contributed by atoms with Gasteiger partial charge in [-0.1, -0.05) is 12.1 Å². The minimum absolute atomic E-state index is 0.0118. The second kappa shape index (κ2) is 13.6. The Hall–Kier alpha value is -2.96. The number of methoxy groups -OCH3 is 1. The van der Waals surface area contributed by atoms with Crippen molar-refractivity contribution in [3.63, 3.8) is 0 Å². The monoisotopic (exact) mass is 574 g/mol. The molecule has 0 aromatic heterocycles. The second-order valence-corrected chi connectivity index (χ2v) is 9.94. The number of carbonyl (C=O) groups excluding carboxylic acids is 1. The lowest BCUT2D eigenvalue weighted by atomic mass is 9.96. The number of anilines is 1. The molecular formula is C28H35F5N2O5. The number of nitrogens with zero attached hydrogens (tertiary/aromatic N) is 1. The molecule has 1 heterocycles. The first kappa shape index (κ1) is 31.6. The molecule has 2 unspecified atom stereocenters. The standard InChI is InChI=1S/C28H35F5N2O5/c1-5-39-26(36)23(16-27(2,3)30)34-25(28(31,32)33)18-6-8-20(22(29)14-18)21-15-19(35-10-12-38-13-11-35)7-9-24(21)40-17-37-4/h6-9,14-15,23,25,34H,5,10-13,16-17H2,1-4H3. The number of hydrogen-bond donors (Lipinski definition) is 1. The van der Waals surface area contributed by atoms with Crippen molar-refractivity contribution < 1.29 is 45.7 Å². The molecule has 1 aliphatic rings. The van der Waals surface area contributed by atoms with Gasteiger partial charge in [-0.2, -0.15) is 13.2 Å². The van der Waals surface area contributed by atoms with Gasteiger partial charge in [-0.25, -0.2) is 8.78 Å². The van der Waals surface area contributed by atoms with Gasteiger partial charge in [-0.15, -0.1) is 0 Å². The summed E-state index contributed by atoms with van der Waals surface area (Å²) in [5.74, 6) is -1.68. The highest BCUT2D eigenvalue weighted by molar-refractivity contribution is 5.77. The van der Waals surface area contributed by atoms with Crippen LogP contribution >= 0.6 is 0 Å². The van der Waals surface area contributed by atoms with Crippen LogP contribution in [-0.4, -0.2) is 70.7 Å². The summed E-state index contributed by atoms with van der Waals surface area (Å²) in [5, 5.41) is 2.16. The molecule has 12 heteroatoms. The second-order valence-electron chi connectivity index (χ2n) is 9.94. The van der Waals surface area contributed by atoms with Gasteiger partial charge in [-0.05, 0) is 50.6 Å². The third-order valence-electron chi connectivity index (χ3n) is 6.24. The lowest BCUT2D eigenvalue weighted by Gasteiger charge is -2.30. The first-order valence-corrected chi connectivity index (χ1v) is 12.9. The molecule has 0 spiro atoms. The molecule has 0 saturated carbocycles. The van der Waals surface area contributed by atoms with Crippen molar-refractivity contribution in [2.45, 2.75) is 51.1 Å². The van der Waals surface area contributed by atoms with E-state index >= 15 is 4.39 Å². The van der Waals surface area contributed by atoms with Crippen LogP contribution in [-0.2, 0) is 19.0 Å². The van der Waals surface area contributed by atoms with Crippen molar-refractivity contribution in [3.8, 4) is 16.9 Å². The topological polar surface area (TPSA) is 69.3 Å². The van der Waals surface area contributed by atoms with Crippen LogP contribution in [0.3, 0.4) is 0 Å². The smallest absolute Gasteiger partial charge is 0.407 e. The van der Waals surface area contributed by atoms with Gasteiger partial charge in [-0.3, -0.25) is 10.1 Å². The average molecular weight is 575 g/mol. The number of morpholine rings is 1. The molecule has 40 heavy (non-hydrogen) atoms. The highest BCUT2D eigenvalue weighted by Crippen LogP contribution is 2.39. The summed E-state index contributed by atoms with van der Waals surface area (Å²) in [6, 6.07) is 4.17. The summed E-state index contributed by atoms with van der Waals surface area (Å²) in [6.07, 6.45) is -5.50. The van der Waals surface area contributed by atoms with Gasteiger partial charge in [0.05, 0.1) is 19.8 Å². The van der Waals surface area contributed by atoms with Crippen LogP contribution < -0.4 is 15.0 Å². The molecule has 2 atom stereocenters. The Labute approximate surface area is 230 Å². The van der Waals surface area contributed by atoms with Crippen molar-refractivity contribution in [1.82, 2.24) is 5.32 Å². The number of carbonyl (C=O) groups is 1. The molecule has 1 N–H and O–H groups in total. The fourth-order valence-electron chi connectivity index (χ4n) is 4.44. The minimum Gasteiger partial charge on any atom is -0.467 e. The minimum atomic E-state index is -4.93. The molecule has 7 nitrogen and oxygen atoms in total. The first-order chi connectivity index (χ1) is 18.8. The van der Waals surface area contributed by atoms with Crippen LogP contribution in [0.5, 0.6) is 5.75 Å². The zero-order chi connectivity index (χ0) is 29.5. The zero-order valence-electron chi connectivity index (χ0n) is 22.9. The maximum atomic E-state index is 15.6. The van der Waals surface area contributed by atoms with E-state index in [1.54, 1.807) is 18.2 Å². The van der Waals surface area contributed by atoms with Crippen molar-refractivity contribution in [3.05, 3.63) is 47.8 Å². The third-order valence-corrected chi connectivity index (χ3v) is 6.24. The summed E-state index contributed by atoms with van der Waals surface area (Å²) in [6.45, 7) is 5.86. The van der Waals surface area contributed by atoms with Crippen molar-refractivity contribution in [1.29, 1.82) is 0 Å². The number of rotatable bonds is 12. The molecule has 2 aromatic carbocycles. The Morgan fingerprint density at radius 1 is 1.07 bits per heavy atom. The molecule has 1 aliphatic heterocycles. The molecule has 0 bridgehead atoms. The SMILES string of the molecule is CCOC(=O)C(CC(C)(C)F)NC(c1ccc(-c2cc(N3CCOCC3)ccc2OCOC)c(F)c1)C(F)(F)F. The van der Waals surface area contributed by atoms with E-state index < -0.39 is 47.7 Å². The fraction of sp³-hybridized carbons (Fsp3) is 0.536. The molecule has 222 valence electrons. The normalized spacial score (nSPS) is 16.0. The Morgan fingerprint density at radius 2 is 1.77 bits per heavy atom. The molecule has 0 amide bonds. The number of halogens is 5. The summed E-state index contributed by atoms with van der Waals surface area (Å²) in [4.78, 5) is 14.4. The zero-order valence-corrected chi connectivity index (χ0v) is 22.9. The van der Waals surface area contributed by atoms with E-state index in [9.17, 15) is 22.4 Å². The Morgan fingerprint density at radius 3 is 2.35 bits per heavy atom. The highest BCUT2D eigenvalue weighted by Gasteiger charge is 2.44. The summed E-state index contributed by atoms with van der Waals surface area (Å²) in [7, 11) is 1.43. The molecule has 1 fully saturated rings. The van der Waals surface area contributed by atoms with Gasteiger partial charge in [0.25, 0.3) is 0 Å². The van der Waals surface area contributed by atoms with Crippen molar-refractivity contribution in [2.24, 2.45) is 0 Å². The summed E-state index contributed by atoms with van der Waals surface area (Å²) >= 11 is 0. The Kier molecular flexibility index (Phi) is 10.7. The van der Waals surface area contributed by atoms with E-state index in [1.165, 1.54) is 20.1 Å². The van der Waals surface area contributed by atoms with E-state index in [0.29, 0.717) is 31.9 Å². The lowest BCUT2D eigenvalue weighted by Crippen LogP contribution is -2.47. The van der Waals surface area contributed by atoms with Crippen molar-refractivity contribution in [2.75, 3.05) is 51.7 Å². The lowest BCUT2D eigenvalue weighted by molar-refractivity contribution is -0.165. The largest absolute Gasteiger partial charge is 0.467 e. The summed E-state index contributed by atoms with van der Waals surface area (Å²) < 4.78 is 93.3. The quantitative estimate of drug-likeness (QED) is 0.202. The highest BCUT2D eigenvalue weighted by atomic mass is 19.4. The van der Waals surface area contributed by atoms with Crippen LogP contribution in [0, 0.1) is 5.82 Å². The molecule has 1 saturated heterocycles. The fourth-order valence-corrected chi connectivity index (χ4v) is 4.44. The third kappa shape index (κ3) is 8.52. The number of ether oxygens (including phenoxy) is 4. The number of esters is 1. The Bertz CT molecular complexity index is 1130. The van der Waals surface area contributed by atoms with E-state index in [0.717, 1.165) is 31.7 Å². The van der Waals surface area contributed by atoms with E-state index in [2.05, 4.69) is 5.32 Å². The Balaban J connectivity index is 2.00. The van der Waals surface area contributed by atoms with Gasteiger partial charge in [0.2, 0.25) is 0 Å². The van der Waals surface area contributed by atoms with Crippen LogP contribution in [0.4, 0.5) is 27.6 Å². The number of benzene rings is 2. The molecule has 0 radical (unpaired) electrons. The average Bonchev–Trinajstić information content (AvgIpc) is 2.89. The van der Waals surface area contributed by atoms with E-state index in [-0.39, 0.29) is 24.7 Å². The maximum absolute atomic E-state index is 15.6.